The number of benzene rings is 6. The van der Waals surface area contributed by atoms with Gasteiger partial charge in [-0.15, -0.1) is 0 Å². The SMILES string of the molecule is Nc1ccc(Oc2cccc(-c3c(-c4ccc(Oc5cccc(N)c5)cc4)ccc4c3Cc3ccccc3-4)c2)cc1. The minimum absolute atomic E-state index is 0.672. The molecule has 0 spiro atoms. The van der Waals surface area contributed by atoms with Gasteiger partial charge in [-0.3, -0.25) is 0 Å². The number of fused-ring (bicyclic) bond motifs is 3. The fourth-order valence-corrected chi connectivity index (χ4v) is 5.59. The molecule has 198 valence electrons. The summed E-state index contributed by atoms with van der Waals surface area (Å²) in [4.78, 5) is 0. The van der Waals surface area contributed by atoms with Crippen molar-refractivity contribution < 1.29 is 9.47 Å². The maximum atomic E-state index is 6.22. The molecule has 4 nitrogen and oxygen atoms in total. The molecule has 0 heterocycles. The van der Waals surface area contributed by atoms with Crippen molar-refractivity contribution in [2.75, 3.05) is 11.5 Å². The first-order valence-corrected chi connectivity index (χ1v) is 13.6. The molecule has 0 radical (unpaired) electrons. The summed E-state index contributed by atoms with van der Waals surface area (Å²) in [5.41, 5.74) is 23.0. The molecule has 0 saturated heterocycles. The van der Waals surface area contributed by atoms with Gasteiger partial charge in [-0.25, -0.2) is 0 Å². The predicted octanol–water partition coefficient (Wildman–Crippen LogP) is 9.34. The number of nitrogen functional groups attached to an aromatic ring is 2. The van der Waals surface area contributed by atoms with Crippen LogP contribution in [0.2, 0.25) is 0 Å². The van der Waals surface area contributed by atoms with Crippen LogP contribution in [0.4, 0.5) is 11.4 Å². The number of ether oxygens (including phenoxy) is 2. The molecule has 0 bridgehead atoms. The lowest BCUT2D eigenvalue weighted by molar-refractivity contribution is 0.483. The van der Waals surface area contributed by atoms with E-state index in [4.69, 9.17) is 20.9 Å². The summed E-state index contributed by atoms with van der Waals surface area (Å²) in [7, 11) is 0. The summed E-state index contributed by atoms with van der Waals surface area (Å²) in [6.45, 7) is 0. The summed E-state index contributed by atoms with van der Waals surface area (Å²) >= 11 is 0. The Balaban J connectivity index is 1.30. The summed E-state index contributed by atoms with van der Waals surface area (Å²) in [5.74, 6) is 3.00. The summed E-state index contributed by atoms with van der Waals surface area (Å²) in [6.07, 6.45) is 0.883. The average Bonchev–Trinajstić information content (AvgIpc) is 3.37. The van der Waals surface area contributed by atoms with E-state index in [1.165, 1.54) is 27.8 Å². The maximum Gasteiger partial charge on any atom is 0.129 e. The lowest BCUT2D eigenvalue weighted by atomic mass is 9.88. The van der Waals surface area contributed by atoms with Gasteiger partial charge in [-0.2, -0.15) is 0 Å². The summed E-state index contributed by atoms with van der Waals surface area (Å²) < 4.78 is 12.3. The smallest absolute Gasteiger partial charge is 0.129 e. The molecular formula is C37H28N2O2. The molecule has 0 saturated carbocycles. The highest BCUT2D eigenvalue weighted by Gasteiger charge is 2.24. The van der Waals surface area contributed by atoms with Crippen molar-refractivity contribution in [3.05, 3.63) is 145 Å². The van der Waals surface area contributed by atoms with Crippen LogP contribution >= 0.6 is 0 Å². The molecule has 7 rings (SSSR count). The van der Waals surface area contributed by atoms with Crippen LogP contribution < -0.4 is 20.9 Å². The van der Waals surface area contributed by atoms with Crippen molar-refractivity contribution in [1.29, 1.82) is 0 Å². The van der Waals surface area contributed by atoms with Crippen LogP contribution in [0.15, 0.2) is 133 Å². The van der Waals surface area contributed by atoms with E-state index < -0.39 is 0 Å². The van der Waals surface area contributed by atoms with E-state index in [0.29, 0.717) is 17.1 Å². The van der Waals surface area contributed by atoms with Gasteiger partial charge in [0.25, 0.3) is 0 Å². The molecule has 4 N–H and O–H groups in total. The fraction of sp³-hybridized carbons (Fsp3) is 0.0270. The number of hydrogen-bond acceptors (Lipinski definition) is 4. The van der Waals surface area contributed by atoms with Gasteiger partial charge >= 0.3 is 0 Å². The third-order valence-electron chi connectivity index (χ3n) is 7.49. The highest BCUT2D eigenvalue weighted by molar-refractivity contribution is 5.94. The zero-order chi connectivity index (χ0) is 27.8. The van der Waals surface area contributed by atoms with Gasteiger partial charge in [-0.05, 0) is 112 Å². The van der Waals surface area contributed by atoms with Crippen molar-refractivity contribution in [1.82, 2.24) is 0 Å². The Labute approximate surface area is 239 Å². The maximum absolute atomic E-state index is 6.22. The first kappa shape index (κ1) is 24.6. The Kier molecular flexibility index (Phi) is 6.14. The van der Waals surface area contributed by atoms with Gasteiger partial charge in [0.15, 0.2) is 0 Å². The third kappa shape index (κ3) is 4.88. The van der Waals surface area contributed by atoms with Gasteiger partial charge in [0, 0.05) is 17.4 Å². The number of anilines is 2. The molecule has 6 aromatic rings. The van der Waals surface area contributed by atoms with E-state index in [2.05, 4.69) is 66.7 Å². The van der Waals surface area contributed by atoms with Crippen LogP contribution in [0, 0.1) is 0 Å². The van der Waals surface area contributed by atoms with Crippen LogP contribution in [0.1, 0.15) is 11.1 Å². The van der Waals surface area contributed by atoms with Crippen molar-refractivity contribution in [3.63, 3.8) is 0 Å². The van der Waals surface area contributed by atoms with Gasteiger partial charge in [-0.1, -0.05) is 66.7 Å². The van der Waals surface area contributed by atoms with E-state index in [0.717, 1.165) is 40.4 Å². The molecule has 0 amide bonds. The minimum Gasteiger partial charge on any atom is -0.457 e. The first-order chi connectivity index (χ1) is 20.1. The fourth-order valence-electron chi connectivity index (χ4n) is 5.59. The largest absolute Gasteiger partial charge is 0.457 e. The van der Waals surface area contributed by atoms with Crippen molar-refractivity contribution in [2.24, 2.45) is 0 Å². The number of nitrogens with two attached hydrogens (primary N) is 2. The highest BCUT2D eigenvalue weighted by atomic mass is 16.5. The lowest BCUT2D eigenvalue weighted by Gasteiger charge is -2.17. The predicted molar refractivity (Wildman–Crippen MR) is 167 cm³/mol. The van der Waals surface area contributed by atoms with Crippen LogP contribution in [0.25, 0.3) is 33.4 Å². The number of hydrogen-bond donors (Lipinski definition) is 2. The molecule has 41 heavy (non-hydrogen) atoms. The Morgan fingerprint density at radius 2 is 1.10 bits per heavy atom. The van der Waals surface area contributed by atoms with E-state index in [-0.39, 0.29) is 0 Å². The molecule has 4 heteroatoms. The first-order valence-electron chi connectivity index (χ1n) is 13.6. The zero-order valence-electron chi connectivity index (χ0n) is 22.4. The van der Waals surface area contributed by atoms with E-state index in [9.17, 15) is 0 Å². The second-order valence-electron chi connectivity index (χ2n) is 10.2. The Morgan fingerprint density at radius 1 is 0.439 bits per heavy atom. The molecule has 6 aromatic carbocycles. The second kappa shape index (κ2) is 10.2. The van der Waals surface area contributed by atoms with Gasteiger partial charge in [0.2, 0.25) is 0 Å². The van der Waals surface area contributed by atoms with E-state index in [1.54, 1.807) is 0 Å². The molecular weight excluding hydrogens is 504 g/mol. The number of rotatable bonds is 6. The lowest BCUT2D eigenvalue weighted by Crippen LogP contribution is -1.94. The monoisotopic (exact) mass is 532 g/mol. The molecule has 0 aliphatic heterocycles. The van der Waals surface area contributed by atoms with Crippen molar-refractivity contribution in [3.8, 4) is 56.4 Å². The molecule has 0 aromatic heterocycles. The molecule has 0 fully saturated rings. The Hall–Kier alpha value is -5.48. The quantitative estimate of drug-likeness (QED) is 0.209. The van der Waals surface area contributed by atoms with Crippen LogP contribution in [-0.4, -0.2) is 0 Å². The highest BCUT2D eigenvalue weighted by Crippen LogP contribution is 2.46. The molecule has 1 aliphatic rings. The van der Waals surface area contributed by atoms with Gasteiger partial charge < -0.3 is 20.9 Å². The van der Waals surface area contributed by atoms with Crippen LogP contribution in [0.5, 0.6) is 23.0 Å². The molecule has 1 aliphatic carbocycles. The molecule has 0 unspecified atom stereocenters. The molecule has 0 atom stereocenters. The van der Waals surface area contributed by atoms with Crippen LogP contribution in [-0.2, 0) is 6.42 Å². The topological polar surface area (TPSA) is 70.5 Å². The second-order valence-corrected chi connectivity index (χ2v) is 10.2. The van der Waals surface area contributed by atoms with E-state index in [1.807, 2.05) is 66.7 Å². The van der Waals surface area contributed by atoms with E-state index >= 15 is 0 Å². The normalized spacial score (nSPS) is 11.5. The summed E-state index contributed by atoms with van der Waals surface area (Å²) in [6, 6.07) is 44.6. The zero-order valence-corrected chi connectivity index (χ0v) is 22.4. The minimum atomic E-state index is 0.672. The Bertz CT molecular complexity index is 1880. The van der Waals surface area contributed by atoms with Crippen LogP contribution in [0.3, 0.4) is 0 Å². The van der Waals surface area contributed by atoms with Crippen molar-refractivity contribution in [2.45, 2.75) is 6.42 Å². The third-order valence-corrected chi connectivity index (χ3v) is 7.49. The van der Waals surface area contributed by atoms with Gasteiger partial charge in [0.1, 0.15) is 23.0 Å². The average molecular weight is 533 g/mol. The van der Waals surface area contributed by atoms with Crippen molar-refractivity contribution >= 4 is 11.4 Å². The Morgan fingerprint density at radius 3 is 1.85 bits per heavy atom. The standard InChI is InChI=1S/C37H28N2O2/c38-27-13-17-30(18-14-27)40-31-8-3-6-26(21-31)37-34(19-20-35-33-10-2-1-5-25(33)22-36(35)37)24-11-15-29(16-12-24)41-32-9-4-7-28(39)23-32/h1-21,23H,22,38-39H2. The van der Waals surface area contributed by atoms with Gasteiger partial charge in [0.05, 0.1) is 0 Å². The summed E-state index contributed by atoms with van der Waals surface area (Å²) in [5, 5.41) is 0.